The van der Waals surface area contributed by atoms with E-state index in [1.807, 2.05) is 0 Å². The van der Waals surface area contributed by atoms with Crippen LogP contribution in [0.15, 0.2) is 18.2 Å². The monoisotopic (exact) mass is 392 g/mol. The second kappa shape index (κ2) is 9.06. The number of aryl methyl sites for hydroxylation is 2. The first kappa shape index (κ1) is 20.8. The van der Waals surface area contributed by atoms with Crippen molar-refractivity contribution in [1.82, 2.24) is 10.2 Å². The lowest BCUT2D eigenvalue weighted by Gasteiger charge is -2.41. The fraction of sp³-hybridized carbons (Fsp3) is 0.727. The van der Waals surface area contributed by atoms with Crippen LogP contribution in [0.3, 0.4) is 0 Å². The highest BCUT2D eigenvalue weighted by Gasteiger charge is 2.37. The maximum Gasteiger partial charge on any atom is 0.163 e. The molecule has 2 unspecified atom stereocenters. The molecule has 1 saturated heterocycles. The van der Waals surface area contributed by atoms with Crippen LogP contribution in [0.2, 0.25) is 0 Å². The second-order valence-electron chi connectivity index (χ2n) is 8.56. The zero-order valence-corrected chi connectivity index (χ0v) is 18.0. The van der Waals surface area contributed by atoms with E-state index in [9.17, 15) is 8.42 Å². The molecule has 1 fully saturated rings. The van der Waals surface area contributed by atoms with E-state index >= 15 is 0 Å². The smallest absolute Gasteiger partial charge is 0.163 e. The van der Waals surface area contributed by atoms with Crippen LogP contribution in [0, 0.1) is 5.92 Å². The summed E-state index contributed by atoms with van der Waals surface area (Å²) >= 11 is 0. The number of nitrogens with zero attached hydrogens (tertiary/aromatic N) is 1. The molecule has 0 spiro atoms. The first-order chi connectivity index (χ1) is 12.9. The molecule has 0 bridgehead atoms. The van der Waals surface area contributed by atoms with Gasteiger partial charge in [-0.05, 0) is 94.1 Å². The fourth-order valence-corrected chi connectivity index (χ4v) is 6.84. The van der Waals surface area contributed by atoms with E-state index in [0.29, 0.717) is 0 Å². The van der Waals surface area contributed by atoms with Crippen molar-refractivity contribution in [1.29, 1.82) is 0 Å². The lowest BCUT2D eigenvalue weighted by molar-refractivity contribution is 0.131. The minimum Gasteiger partial charge on any atom is -0.317 e. The summed E-state index contributed by atoms with van der Waals surface area (Å²) in [4.78, 5) is 2.29. The maximum absolute atomic E-state index is 12.8. The van der Waals surface area contributed by atoms with Gasteiger partial charge in [0.25, 0.3) is 0 Å². The first-order valence-electron chi connectivity index (χ1n) is 10.7. The highest BCUT2D eigenvalue weighted by Crippen LogP contribution is 2.29. The number of fused-ring (bicyclic) bond motifs is 1. The van der Waals surface area contributed by atoms with Gasteiger partial charge in [-0.25, -0.2) is 8.42 Å². The second-order valence-corrected chi connectivity index (χ2v) is 10.7. The third kappa shape index (κ3) is 5.12. The molecular formula is C22H36N2O2S. The Balaban J connectivity index is 1.80. The van der Waals surface area contributed by atoms with E-state index in [0.717, 1.165) is 45.3 Å². The van der Waals surface area contributed by atoms with Gasteiger partial charge in [-0.3, -0.25) is 4.90 Å². The van der Waals surface area contributed by atoms with Crippen LogP contribution in [-0.4, -0.2) is 50.6 Å². The number of rotatable bonds is 8. The highest BCUT2D eigenvalue weighted by molar-refractivity contribution is 7.91. The summed E-state index contributed by atoms with van der Waals surface area (Å²) in [7, 11) is -3.13. The number of benzene rings is 1. The molecule has 1 aromatic rings. The predicted molar refractivity (Wildman–Crippen MR) is 113 cm³/mol. The average molecular weight is 393 g/mol. The highest BCUT2D eigenvalue weighted by atomic mass is 32.2. The van der Waals surface area contributed by atoms with Gasteiger partial charge in [0.15, 0.2) is 9.84 Å². The molecule has 3 rings (SSSR count). The molecule has 1 aliphatic heterocycles. The largest absolute Gasteiger partial charge is 0.317 e. The molecule has 1 heterocycles. The average Bonchev–Trinajstić information content (AvgIpc) is 3.09. The third-order valence-corrected chi connectivity index (χ3v) is 7.83. The van der Waals surface area contributed by atoms with Crippen molar-refractivity contribution >= 4 is 9.84 Å². The lowest BCUT2D eigenvalue weighted by atomic mass is 9.95. The molecule has 2 atom stereocenters. The molecular weight excluding hydrogens is 356 g/mol. The molecule has 5 heteroatoms. The quantitative estimate of drug-likeness (QED) is 0.738. The van der Waals surface area contributed by atoms with Crippen molar-refractivity contribution in [2.24, 2.45) is 5.92 Å². The SMILES string of the molecule is CCCN(C(C)Cc1ccc2c(c1)CCC2)C(C1CCNCC1)S(C)(=O)=O. The molecule has 152 valence electrons. The Bertz CT molecular complexity index is 726. The Kier molecular flexibility index (Phi) is 6.98. The van der Waals surface area contributed by atoms with E-state index in [4.69, 9.17) is 0 Å². The van der Waals surface area contributed by atoms with Gasteiger partial charge in [0.2, 0.25) is 0 Å². The van der Waals surface area contributed by atoms with Crippen LogP contribution in [0.1, 0.15) is 56.2 Å². The molecule has 1 N–H and O–H groups in total. The summed E-state index contributed by atoms with van der Waals surface area (Å²) in [6.45, 7) is 7.05. The summed E-state index contributed by atoms with van der Waals surface area (Å²) in [6.07, 6.45) is 8.89. The number of piperidine rings is 1. The Morgan fingerprint density at radius 3 is 2.56 bits per heavy atom. The molecule has 0 aromatic heterocycles. The Hall–Kier alpha value is -0.910. The molecule has 4 nitrogen and oxygen atoms in total. The summed E-state index contributed by atoms with van der Waals surface area (Å²) in [6, 6.07) is 7.13. The van der Waals surface area contributed by atoms with Crippen molar-refractivity contribution in [3.8, 4) is 0 Å². The van der Waals surface area contributed by atoms with Crippen molar-refractivity contribution in [3.05, 3.63) is 34.9 Å². The van der Waals surface area contributed by atoms with E-state index in [-0.39, 0.29) is 17.3 Å². The maximum atomic E-state index is 12.8. The number of hydrogen-bond acceptors (Lipinski definition) is 4. The van der Waals surface area contributed by atoms with E-state index in [1.165, 1.54) is 42.2 Å². The van der Waals surface area contributed by atoms with Gasteiger partial charge in [-0.15, -0.1) is 0 Å². The van der Waals surface area contributed by atoms with Crippen LogP contribution < -0.4 is 5.32 Å². The Morgan fingerprint density at radius 2 is 1.89 bits per heavy atom. The van der Waals surface area contributed by atoms with Gasteiger partial charge in [-0.2, -0.15) is 0 Å². The molecule has 1 aromatic carbocycles. The van der Waals surface area contributed by atoms with Crippen molar-refractivity contribution in [2.45, 2.75) is 70.2 Å². The van der Waals surface area contributed by atoms with E-state index in [2.05, 4.69) is 42.3 Å². The van der Waals surface area contributed by atoms with Crippen molar-refractivity contribution < 1.29 is 8.42 Å². The molecule has 27 heavy (non-hydrogen) atoms. The van der Waals surface area contributed by atoms with E-state index < -0.39 is 9.84 Å². The minimum absolute atomic E-state index is 0.221. The van der Waals surface area contributed by atoms with Crippen molar-refractivity contribution in [3.63, 3.8) is 0 Å². The number of hydrogen-bond donors (Lipinski definition) is 1. The molecule has 0 saturated carbocycles. The lowest BCUT2D eigenvalue weighted by Crippen LogP contribution is -2.52. The van der Waals surface area contributed by atoms with Gasteiger partial charge >= 0.3 is 0 Å². The molecule has 1 aliphatic carbocycles. The third-order valence-electron chi connectivity index (χ3n) is 6.29. The molecule has 0 amide bonds. The van der Waals surface area contributed by atoms with Crippen LogP contribution in [0.4, 0.5) is 0 Å². The van der Waals surface area contributed by atoms with Gasteiger partial charge in [0.1, 0.15) is 5.37 Å². The van der Waals surface area contributed by atoms with Gasteiger partial charge in [0.05, 0.1) is 0 Å². The zero-order valence-electron chi connectivity index (χ0n) is 17.2. The summed E-state index contributed by atoms with van der Waals surface area (Å²) in [5.74, 6) is 0.232. The van der Waals surface area contributed by atoms with Gasteiger partial charge < -0.3 is 5.32 Å². The normalized spacial score (nSPS) is 20.6. The minimum atomic E-state index is -3.13. The summed E-state index contributed by atoms with van der Waals surface area (Å²) < 4.78 is 25.6. The van der Waals surface area contributed by atoms with Crippen LogP contribution in [-0.2, 0) is 29.1 Å². The number of sulfone groups is 1. The molecule has 0 radical (unpaired) electrons. The number of nitrogens with one attached hydrogen (secondary N) is 1. The summed E-state index contributed by atoms with van der Waals surface area (Å²) in [5, 5.41) is 3.01. The summed E-state index contributed by atoms with van der Waals surface area (Å²) in [5.41, 5.74) is 4.35. The van der Waals surface area contributed by atoms with Crippen molar-refractivity contribution in [2.75, 3.05) is 25.9 Å². The van der Waals surface area contributed by atoms with Crippen LogP contribution in [0.5, 0.6) is 0 Å². The Labute approximate surface area is 165 Å². The standard InChI is InChI=1S/C22H36N2O2S/c1-4-14-24(22(27(3,25)26)20-10-12-23-13-11-20)17(2)15-18-8-9-19-6-5-7-21(19)16-18/h8-9,16-17,20,22-23H,4-7,10-15H2,1-3H3. The first-order valence-corrected chi connectivity index (χ1v) is 12.6. The zero-order chi connectivity index (χ0) is 19.4. The van der Waals surface area contributed by atoms with Gasteiger partial charge in [0, 0.05) is 12.3 Å². The van der Waals surface area contributed by atoms with Crippen LogP contribution >= 0.6 is 0 Å². The molecule has 2 aliphatic rings. The van der Waals surface area contributed by atoms with E-state index in [1.54, 1.807) is 0 Å². The Morgan fingerprint density at radius 1 is 1.19 bits per heavy atom. The van der Waals surface area contributed by atoms with Gasteiger partial charge in [-0.1, -0.05) is 25.1 Å². The fourth-order valence-electron chi connectivity index (χ4n) is 5.06. The predicted octanol–water partition coefficient (Wildman–Crippen LogP) is 3.19. The van der Waals surface area contributed by atoms with Crippen LogP contribution in [0.25, 0.3) is 0 Å². The topological polar surface area (TPSA) is 49.4 Å².